The molecule has 2 N–H and O–H groups in total. The van der Waals surface area contributed by atoms with Crippen LogP contribution in [0, 0.1) is 11.3 Å². The number of nitrogens with one attached hydrogen (secondary N) is 2. The predicted molar refractivity (Wildman–Crippen MR) is 92.2 cm³/mol. The summed E-state index contributed by atoms with van der Waals surface area (Å²) in [5, 5.41) is 14.2. The van der Waals surface area contributed by atoms with E-state index in [1.807, 2.05) is 0 Å². The van der Waals surface area contributed by atoms with Gasteiger partial charge in [-0.15, -0.1) is 0 Å². The Labute approximate surface area is 144 Å². The van der Waals surface area contributed by atoms with E-state index in [9.17, 15) is 4.79 Å². The number of rotatable bonds is 5. The van der Waals surface area contributed by atoms with Crippen molar-refractivity contribution < 1.29 is 13.9 Å². The molecule has 0 saturated heterocycles. The van der Waals surface area contributed by atoms with Crippen LogP contribution in [0.1, 0.15) is 11.3 Å². The van der Waals surface area contributed by atoms with E-state index in [-0.39, 0.29) is 6.03 Å². The van der Waals surface area contributed by atoms with Crippen LogP contribution in [0.5, 0.6) is 11.5 Å². The highest BCUT2D eigenvalue weighted by Crippen LogP contribution is 2.23. The minimum Gasteiger partial charge on any atom is -0.467 e. The molecule has 0 radical (unpaired) electrons. The fraction of sp³-hybridized carbons (Fsp3) is 0.0526. The number of benzene rings is 2. The Morgan fingerprint density at radius 3 is 2.32 bits per heavy atom. The molecule has 0 bridgehead atoms. The lowest BCUT2D eigenvalue weighted by molar-refractivity contribution is 0.251. The second-order valence-corrected chi connectivity index (χ2v) is 5.15. The topological polar surface area (TPSA) is 87.3 Å². The molecule has 1 heterocycles. The Bertz CT molecular complexity index is 864. The number of hydrogen-bond acceptors (Lipinski definition) is 4. The van der Waals surface area contributed by atoms with Gasteiger partial charge in [-0.25, -0.2) is 4.79 Å². The molecule has 6 heteroatoms. The maximum atomic E-state index is 11.8. The highest BCUT2D eigenvalue weighted by molar-refractivity contribution is 5.89. The number of anilines is 1. The van der Waals surface area contributed by atoms with Gasteiger partial charge in [0.15, 0.2) is 0 Å². The number of amides is 2. The molecule has 6 nitrogen and oxygen atoms in total. The second-order valence-electron chi connectivity index (χ2n) is 5.15. The molecule has 3 rings (SSSR count). The molecule has 2 aromatic carbocycles. The van der Waals surface area contributed by atoms with Crippen molar-refractivity contribution >= 4 is 11.7 Å². The van der Waals surface area contributed by atoms with Crippen molar-refractivity contribution in [2.45, 2.75) is 6.54 Å². The van der Waals surface area contributed by atoms with Crippen LogP contribution in [0.4, 0.5) is 10.5 Å². The molecule has 0 aliphatic carbocycles. The van der Waals surface area contributed by atoms with Gasteiger partial charge in [0.2, 0.25) is 0 Å². The molecule has 124 valence electrons. The zero-order valence-electron chi connectivity index (χ0n) is 13.2. The van der Waals surface area contributed by atoms with Crippen LogP contribution in [0.15, 0.2) is 71.3 Å². The van der Waals surface area contributed by atoms with Gasteiger partial charge < -0.3 is 19.8 Å². The van der Waals surface area contributed by atoms with E-state index in [2.05, 4.69) is 16.7 Å². The van der Waals surface area contributed by atoms with Crippen LogP contribution in [-0.4, -0.2) is 6.03 Å². The number of carbonyl (C=O) groups excluding carboxylic acids is 1. The summed E-state index contributed by atoms with van der Waals surface area (Å²) in [5.74, 6) is 1.95. The Balaban J connectivity index is 1.52. The van der Waals surface area contributed by atoms with Crippen LogP contribution in [0.2, 0.25) is 0 Å². The molecule has 0 unspecified atom stereocenters. The third kappa shape index (κ3) is 4.62. The molecule has 25 heavy (non-hydrogen) atoms. The van der Waals surface area contributed by atoms with Gasteiger partial charge in [0.05, 0.1) is 24.4 Å². The second kappa shape index (κ2) is 7.70. The SMILES string of the molecule is N#Cc1ccc(Oc2ccc(NC(=O)NCc3ccco3)cc2)cc1. The van der Waals surface area contributed by atoms with Crippen LogP contribution < -0.4 is 15.4 Å². The third-order valence-electron chi connectivity index (χ3n) is 3.33. The number of urea groups is 1. The van der Waals surface area contributed by atoms with Crippen molar-refractivity contribution in [3.8, 4) is 17.6 Å². The molecule has 2 amide bonds. The van der Waals surface area contributed by atoms with E-state index in [4.69, 9.17) is 14.4 Å². The van der Waals surface area contributed by atoms with E-state index < -0.39 is 0 Å². The first kappa shape index (κ1) is 16.1. The summed E-state index contributed by atoms with van der Waals surface area (Å²) < 4.78 is 10.8. The quantitative estimate of drug-likeness (QED) is 0.730. The van der Waals surface area contributed by atoms with E-state index in [0.717, 1.165) is 0 Å². The standard InChI is InChI=1S/C19H15N3O3/c20-12-14-3-7-16(8-4-14)25-17-9-5-15(6-10-17)22-19(23)21-13-18-2-1-11-24-18/h1-11H,13H2,(H2,21,22,23). The number of nitrogens with zero attached hydrogens (tertiary/aromatic N) is 1. The Morgan fingerprint density at radius 1 is 1.04 bits per heavy atom. The zero-order valence-corrected chi connectivity index (χ0v) is 13.2. The minimum atomic E-state index is -0.322. The van der Waals surface area contributed by atoms with Crippen LogP contribution in [0.3, 0.4) is 0 Å². The van der Waals surface area contributed by atoms with E-state index >= 15 is 0 Å². The first-order chi connectivity index (χ1) is 12.2. The Hall–Kier alpha value is -3.72. The van der Waals surface area contributed by atoms with E-state index in [1.54, 1.807) is 66.9 Å². The maximum Gasteiger partial charge on any atom is 0.319 e. The van der Waals surface area contributed by atoms with E-state index in [0.29, 0.717) is 35.1 Å². The smallest absolute Gasteiger partial charge is 0.319 e. The van der Waals surface area contributed by atoms with Gasteiger partial charge in [-0.05, 0) is 60.7 Å². The fourth-order valence-electron chi connectivity index (χ4n) is 2.10. The van der Waals surface area contributed by atoms with E-state index in [1.165, 1.54) is 0 Å². The Morgan fingerprint density at radius 2 is 1.72 bits per heavy atom. The molecule has 0 fully saturated rings. The molecule has 0 saturated carbocycles. The van der Waals surface area contributed by atoms with Gasteiger partial charge in [-0.3, -0.25) is 0 Å². The molecule has 0 aliphatic rings. The van der Waals surface area contributed by atoms with Crippen LogP contribution in [0.25, 0.3) is 0 Å². The molecule has 0 aliphatic heterocycles. The zero-order chi connectivity index (χ0) is 17.5. The summed E-state index contributed by atoms with van der Waals surface area (Å²) in [6.45, 7) is 0.318. The van der Waals surface area contributed by atoms with Crippen molar-refractivity contribution in [3.63, 3.8) is 0 Å². The summed E-state index contributed by atoms with van der Waals surface area (Å²) in [6.07, 6.45) is 1.56. The minimum absolute atomic E-state index is 0.318. The van der Waals surface area contributed by atoms with Gasteiger partial charge in [-0.1, -0.05) is 0 Å². The predicted octanol–water partition coefficient (Wildman–Crippen LogP) is 4.27. The summed E-state index contributed by atoms with van der Waals surface area (Å²) in [4.78, 5) is 11.8. The number of nitriles is 1. The average molecular weight is 333 g/mol. The summed E-state index contributed by atoms with van der Waals surface area (Å²) >= 11 is 0. The molecular formula is C19H15N3O3. The first-order valence-electron chi connectivity index (χ1n) is 7.58. The number of furan rings is 1. The van der Waals surface area contributed by atoms with Crippen molar-refractivity contribution in [1.82, 2.24) is 5.32 Å². The van der Waals surface area contributed by atoms with Crippen molar-refractivity contribution in [3.05, 3.63) is 78.3 Å². The number of hydrogen-bond donors (Lipinski definition) is 2. The van der Waals surface area contributed by atoms with Crippen molar-refractivity contribution in [2.24, 2.45) is 0 Å². The molecule has 0 spiro atoms. The fourth-order valence-corrected chi connectivity index (χ4v) is 2.10. The molecule has 1 aromatic heterocycles. The van der Waals surface area contributed by atoms with Crippen molar-refractivity contribution in [1.29, 1.82) is 5.26 Å². The summed E-state index contributed by atoms with van der Waals surface area (Å²) in [5.41, 5.74) is 1.22. The lowest BCUT2D eigenvalue weighted by atomic mass is 10.2. The average Bonchev–Trinajstić information content (AvgIpc) is 3.16. The largest absolute Gasteiger partial charge is 0.467 e. The van der Waals surface area contributed by atoms with Gasteiger partial charge in [-0.2, -0.15) is 5.26 Å². The van der Waals surface area contributed by atoms with Crippen LogP contribution in [-0.2, 0) is 6.54 Å². The normalized spacial score (nSPS) is 9.88. The number of ether oxygens (including phenoxy) is 1. The highest BCUT2D eigenvalue weighted by Gasteiger charge is 2.04. The molecular weight excluding hydrogens is 318 g/mol. The Kier molecular flexibility index (Phi) is 4.98. The van der Waals surface area contributed by atoms with Gasteiger partial charge in [0.25, 0.3) is 0 Å². The highest BCUT2D eigenvalue weighted by atomic mass is 16.5. The van der Waals surface area contributed by atoms with Gasteiger partial charge in [0, 0.05) is 5.69 Å². The monoisotopic (exact) mass is 333 g/mol. The summed E-state index contributed by atoms with van der Waals surface area (Å²) in [7, 11) is 0. The van der Waals surface area contributed by atoms with Gasteiger partial charge >= 0.3 is 6.03 Å². The lowest BCUT2D eigenvalue weighted by Crippen LogP contribution is -2.27. The van der Waals surface area contributed by atoms with Crippen molar-refractivity contribution in [2.75, 3.05) is 5.32 Å². The maximum absolute atomic E-state index is 11.8. The van der Waals surface area contributed by atoms with Gasteiger partial charge in [0.1, 0.15) is 17.3 Å². The first-order valence-corrected chi connectivity index (χ1v) is 7.58. The molecule has 3 aromatic rings. The molecule has 0 atom stereocenters. The third-order valence-corrected chi connectivity index (χ3v) is 3.33. The lowest BCUT2D eigenvalue weighted by Gasteiger charge is -2.09. The number of carbonyl (C=O) groups is 1. The van der Waals surface area contributed by atoms with Crippen LogP contribution >= 0.6 is 0 Å². The summed E-state index contributed by atoms with van der Waals surface area (Å²) in [6, 6.07) is 19.1.